The molecule has 0 spiro atoms. The van der Waals surface area contributed by atoms with Crippen molar-refractivity contribution in [2.75, 3.05) is 0 Å². The molecule has 0 fully saturated rings. The van der Waals surface area contributed by atoms with Crippen LogP contribution < -0.4 is 0 Å². The first-order valence-electron chi connectivity index (χ1n) is 14.3. The Labute approximate surface area is 253 Å². The molecule has 0 amide bonds. The number of rotatable bonds is 8. The molecule has 0 saturated carbocycles. The third-order valence-electron chi connectivity index (χ3n) is 7.67. The highest BCUT2D eigenvalue weighted by molar-refractivity contribution is 5.89. The van der Waals surface area contributed by atoms with E-state index in [1.807, 2.05) is 24.3 Å². The topological polar surface area (TPSA) is 0 Å². The number of benzene rings is 5. The summed E-state index contributed by atoms with van der Waals surface area (Å²) in [6.07, 6.45) is -1.38. The third kappa shape index (κ3) is 6.95. The van der Waals surface area contributed by atoms with Gasteiger partial charge in [-0.05, 0) is 89.0 Å². The minimum absolute atomic E-state index is 0.0166. The van der Waals surface area contributed by atoms with Crippen LogP contribution >= 0.6 is 0 Å². The summed E-state index contributed by atoms with van der Waals surface area (Å²) < 4.78 is 127. The normalized spacial score (nSPS) is 11.7. The van der Waals surface area contributed by atoms with Gasteiger partial charge in [-0.2, -0.15) is 13.2 Å². The average molecular weight is 629 g/mol. The fourth-order valence-electron chi connectivity index (χ4n) is 5.42. The zero-order valence-corrected chi connectivity index (χ0v) is 23.9. The minimum Gasteiger partial charge on any atom is -0.207 e. The van der Waals surface area contributed by atoms with Crippen LogP contribution in [-0.4, -0.2) is 6.18 Å². The van der Waals surface area contributed by atoms with Gasteiger partial charge >= 0.3 is 6.18 Å². The smallest absolute Gasteiger partial charge is 0.207 e. The summed E-state index contributed by atoms with van der Waals surface area (Å²) in [4.78, 5) is 0. The van der Waals surface area contributed by atoms with E-state index in [9.17, 15) is 26.3 Å². The molecule has 232 valence electrons. The number of aryl methyl sites for hydroxylation is 2. The zero-order chi connectivity index (χ0) is 32.5. The summed E-state index contributed by atoms with van der Waals surface area (Å²) in [5.41, 5.74) is 0.672. The van der Waals surface area contributed by atoms with Gasteiger partial charge in [0, 0.05) is 11.5 Å². The van der Waals surface area contributed by atoms with Crippen molar-refractivity contribution < 1.29 is 39.5 Å². The van der Waals surface area contributed by atoms with Gasteiger partial charge in [0.05, 0.1) is 16.3 Å². The van der Waals surface area contributed by atoms with Crippen LogP contribution in [0.15, 0.2) is 60.7 Å². The van der Waals surface area contributed by atoms with E-state index < -0.39 is 63.0 Å². The summed E-state index contributed by atoms with van der Waals surface area (Å²) in [5.74, 6) is -5.11. The molecule has 5 rings (SSSR count). The molecule has 9 heteroatoms. The Balaban J connectivity index is 1.42. The molecule has 0 aliphatic heterocycles. The molecule has 0 nitrogen and oxygen atoms in total. The molecule has 0 bridgehead atoms. The van der Waals surface area contributed by atoms with E-state index in [0.29, 0.717) is 17.2 Å². The van der Waals surface area contributed by atoms with Gasteiger partial charge in [0.2, 0.25) is 0 Å². The van der Waals surface area contributed by atoms with E-state index in [-0.39, 0.29) is 29.2 Å². The maximum Gasteiger partial charge on any atom is 0.458 e. The number of unbranched alkanes of at least 4 members (excludes halogenated alkanes) is 2. The second kappa shape index (κ2) is 12.9. The van der Waals surface area contributed by atoms with E-state index >= 15 is 13.2 Å². The van der Waals surface area contributed by atoms with Crippen LogP contribution in [0.2, 0.25) is 0 Å². The van der Waals surface area contributed by atoms with Crippen LogP contribution in [0.5, 0.6) is 0 Å². The molecule has 0 aromatic heterocycles. The van der Waals surface area contributed by atoms with Gasteiger partial charge in [0.1, 0.15) is 29.1 Å². The summed E-state index contributed by atoms with van der Waals surface area (Å²) in [7, 11) is 0. The Kier molecular flexibility index (Phi) is 9.15. The molecule has 0 radical (unpaired) electrons. The van der Waals surface area contributed by atoms with Crippen LogP contribution in [-0.2, 0) is 19.3 Å². The quantitative estimate of drug-likeness (QED) is 0.0911. The Morgan fingerprint density at radius 1 is 0.578 bits per heavy atom. The molecular weight excluding hydrogens is 603 g/mol. The van der Waals surface area contributed by atoms with Crippen LogP contribution in [0.25, 0.3) is 32.7 Å². The Morgan fingerprint density at radius 2 is 1.22 bits per heavy atom. The molecule has 0 saturated heterocycles. The summed E-state index contributed by atoms with van der Waals surface area (Å²) in [5, 5.41) is -1.49. The van der Waals surface area contributed by atoms with Crippen molar-refractivity contribution in [3.8, 4) is 23.0 Å². The number of fused-ring (bicyclic) bond motifs is 2. The van der Waals surface area contributed by atoms with Gasteiger partial charge in [0.25, 0.3) is 0 Å². The van der Waals surface area contributed by atoms with Crippen molar-refractivity contribution in [1.29, 1.82) is 0 Å². The predicted octanol–water partition coefficient (Wildman–Crippen LogP) is 10.9. The highest BCUT2D eigenvalue weighted by atomic mass is 19.4. The predicted molar refractivity (Wildman–Crippen MR) is 157 cm³/mol. The van der Waals surface area contributed by atoms with Crippen LogP contribution in [0.3, 0.4) is 0 Å². The fourth-order valence-corrected chi connectivity index (χ4v) is 5.42. The van der Waals surface area contributed by atoms with Crippen LogP contribution in [0.1, 0.15) is 48.4 Å². The first-order valence-corrected chi connectivity index (χ1v) is 14.3. The lowest BCUT2D eigenvalue weighted by molar-refractivity contribution is -0.0696. The molecule has 0 heterocycles. The molecule has 0 N–H and O–H groups in total. The van der Waals surface area contributed by atoms with E-state index in [4.69, 9.17) is 0 Å². The molecule has 0 unspecified atom stereocenters. The number of hydrogen-bond acceptors (Lipinski definition) is 0. The van der Waals surface area contributed by atoms with Gasteiger partial charge in [-0.3, -0.25) is 0 Å². The molecule has 0 aliphatic carbocycles. The Bertz CT molecular complexity index is 1960. The number of alkyl halides is 3. The monoisotopic (exact) mass is 628 g/mol. The van der Waals surface area contributed by atoms with Crippen molar-refractivity contribution in [3.05, 3.63) is 118 Å². The second-order valence-electron chi connectivity index (χ2n) is 10.8. The fraction of sp³-hybridized carbons (Fsp3) is 0.222. The average Bonchev–Trinajstić information content (AvgIpc) is 2.96. The molecule has 5 aromatic carbocycles. The maximum atomic E-state index is 15.5. The molecular formula is C36H25F9. The lowest BCUT2D eigenvalue weighted by Crippen LogP contribution is -2.04. The first kappa shape index (κ1) is 32.0. The first-order chi connectivity index (χ1) is 21.4. The number of hydrogen-bond donors (Lipinski definition) is 0. The van der Waals surface area contributed by atoms with E-state index in [1.165, 1.54) is 18.1 Å². The van der Waals surface area contributed by atoms with Gasteiger partial charge in [-0.25, -0.2) is 26.3 Å². The molecule has 0 atom stereocenters. The van der Waals surface area contributed by atoms with Gasteiger partial charge < -0.3 is 0 Å². The van der Waals surface area contributed by atoms with Crippen molar-refractivity contribution in [1.82, 2.24) is 0 Å². The summed E-state index contributed by atoms with van der Waals surface area (Å²) in [6.45, 7) is 2.12. The largest absolute Gasteiger partial charge is 0.458 e. The van der Waals surface area contributed by atoms with E-state index in [0.717, 1.165) is 55.4 Å². The van der Waals surface area contributed by atoms with Crippen molar-refractivity contribution >= 4 is 21.5 Å². The van der Waals surface area contributed by atoms with Crippen molar-refractivity contribution in [2.24, 2.45) is 0 Å². The third-order valence-corrected chi connectivity index (χ3v) is 7.67. The van der Waals surface area contributed by atoms with Crippen molar-refractivity contribution in [3.63, 3.8) is 0 Å². The van der Waals surface area contributed by atoms with E-state index in [2.05, 4.69) is 6.92 Å². The summed E-state index contributed by atoms with van der Waals surface area (Å²) >= 11 is 0. The van der Waals surface area contributed by atoms with Crippen LogP contribution in [0, 0.1) is 46.7 Å². The standard InChI is InChI=1S/C36H25F9/c1-2-3-4-5-20-6-9-22(10-7-20)23-16-25-19-28(37)26(34(41)33(25)31(40)17-23)11-8-21-14-24-18-29(38)27(12-13-36(43,44)45)35(42)32(24)30(39)15-21/h6-7,9-10,14-19H,2-5,8,11H2,1H3. The highest BCUT2D eigenvalue weighted by Gasteiger charge is 2.24. The second-order valence-corrected chi connectivity index (χ2v) is 10.8. The zero-order valence-electron chi connectivity index (χ0n) is 23.9. The van der Waals surface area contributed by atoms with Crippen molar-refractivity contribution in [2.45, 2.75) is 51.6 Å². The lowest BCUT2D eigenvalue weighted by Gasteiger charge is -2.13. The summed E-state index contributed by atoms with van der Waals surface area (Å²) in [6, 6.07) is 13.9. The SMILES string of the molecule is CCCCCc1ccc(-c2cc(F)c3c(F)c(CCc4cc(F)c5c(F)c(C#CC(F)(F)F)c(F)cc5c4)c(F)cc3c2)cc1. The van der Waals surface area contributed by atoms with Crippen LogP contribution in [0.4, 0.5) is 39.5 Å². The van der Waals surface area contributed by atoms with Gasteiger partial charge in [-0.15, -0.1) is 0 Å². The Hall–Kier alpha value is -4.45. The molecule has 5 aromatic rings. The van der Waals surface area contributed by atoms with Gasteiger partial charge in [0.15, 0.2) is 5.82 Å². The van der Waals surface area contributed by atoms with E-state index in [1.54, 1.807) is 0 Å². The highest BCUT2D eigenvalue weighted by Crippen LogP contribution is 2.33. The van der Waals surface area contributed by atoms with Gasteiger partial charge in [-0.1, -0.05) is 56.0 Å². The lowest BCUT2D eigenvalue weighted by atomic mass is 9.95. The maximum absolute atomic E-state index is 15.5. The molecule has 45 heavy (non-hydrogen) atoms. The number of halogens is 9. The molecule has 0 aliphatic rings. The Morgan fingerprint density at radius 3 is 1.91 bits per heavy atom. The minimum atomic E-state index is -5.02.